The Labute approximate surface area is 123 Å². The van der Waals surface area contributed by atoms with Crippen LogP contribution in [0.3, 0.4) is 0 Å². The van der Waals surface area contributed by atoms with E-state index in [4.69, 9.17) is 5.73 Å². The normalized spacial score (nSPS) is 28.4. The maximum atomic E-state index is 12.5. The molecule has 0 saturated heterocycles. The smallest absolute Gasteiger partial charge is 0.239 e. The van der Waals surface area contributed by atoms with Crippen molar-refractivity contribution in [1.82, 2.24) is 4.90 Å². The van der Waals surface area contributed by atoms with Gasteiger partial charge < -0.3 is 10.6 Å². The van der Waals surface area contributed by atoms with E-state index in [1.165, 1.54) is 38.5 Å². The molecule has 2 aliphatic carbocycles. The summed E-state index contributed by atoms with van der Waals surface area (Å²) in [6.07, 6.45) is 9.10. The minimum absolute atomic E-state index is 0. The molecule has 2 N–H and O–H groups in total. The molecule has 4 heteroatoms. The van der Waals surface area contributed by atoms with Gasteiger partial charge >= 0.3 is 0 Å². The molecule has 0 aromatic heterocycles. The van der Waals surface area contributed by atoms with Gasteiger partial charge in [0.1, 0.15) is 0 Å². The fourth-order valence-corrected chi connectivity index (χ4v) is 3.16. The molecule has 3 nitrogen and oxygen atoms in total. The van der Waals surface area contributed by atoms with E-state index >= 15 is 0 Å². The molecule has 2 aliphatic rings. The van der Waals surface area contributed by atoms with Crippen molar-refractivity contribution in [2.75, 3.05) is 0 Å². The number of carbonyl (C=O) groups excluding carboxylic acids is 1. The highest BCUT2D eigenvalue weighted by Crippen LogP contribution is 2.35. The third-order valence-electron chi connectivity index (χ3n) is 4.49. The first-order valence-electron chi connectivity index (χ1n) is 7.71. The molecule has 1 amide bonds. The fraction of sp³-hybridized carbons (Fsp3) is 0.933. The summed E-state index contributed by atoms with van der Waals surface area (Å²) in [6.45, 7) is 4.42. The first-order chi connectivity index (χ1) is 8.63. The second-order valence-electron chi connectivity index (χ2n) is 6.29. The molecule has 0 bridgehead atoms. The average Bonchev–Trinajstić information content (AvgIpc) is 3.16. The van der Waals surface area contributed by atoms with E-state index in [1.54, 1.807) is 0 Å². The maximum Gasteiger partial charge on any atom is 0.239 e. The van der Waals surface area contributed by atoms with E-state index in [9.17, 15) is 4.79 Å². The van der Waals surface area contributed by atoms with Crippen LogP contribution in [-0.2, 0) is 4.79 Å². The summed E-state index contributed by atoms with van der Waals surface area (Å²) in [4.78, 5) is 14.7. The van der Waals surface area contributed by atoms with Gasteiger partial charge in [0.05, 0.1) is 6.04 Å². The third kappa shape index (κ3) is 4.35. The molecule has 2 rings (SSSR count). The van der Waals surface area contributed by atoms with Gasteiger partial charge in [-0.05, 0) is 50.9 Å². The summed E-state index contributed by atoms with van der Waals surface area (Å²) < 4.78 is 0. The molecular weight excluding hydrogens is 260 g/mol. The second-order valence-corrected chi connectivity index (χ2v) is 6.29. The highest BCUT2D eigenvalue weighted by atomic mass is 35.5. The number of nitrogens with two attached hydrogens (primary N) is 1. The van der Waals surface area contributed by atoms with Crippen LogP contribution in [0, 0.1) is 5.92 Å². The third-order valence-corrected chi connectivity index (χ3v) is 4.49. The molecule has 1 unspecified atom stereocenters. The summed E-state index contributed by atoms with van der Waals surface area (Å²) >= 11 is 0. The molecule has 2 saturated carbocycles. The summed E-state index contributed by atoms with van der Waals surface area (Å²) in [5.74, 6) is 1.06. The van der Waals surface area contributed by atoms with E-state index in [1.807, 2.05) is 0 Å². The van der Waals surface area contributed by atoms with Gasteiger partial charge in [-0.15, -0.1) is 12.4 Å². The Balaban J connectivity index is 0.00000180. The second kappa shape index (κ2) is 7.49. The minimum atomic E-state index is -0.269. The topological polar surface area (TPSA) is 46.3 Å². The van der Waals surface area contributed by atoms with Crippen molar-refractivity contribution in [3.8, 4) is 0 Å². The zero-order chi connectivity index (χ0) is 13.1. The number of hydrogen-bond acceptors (Lipinski definition) is 2. The number of hydrogen-bond donors (Lipinski definition) is 1. The zero-order valence-corrected chi connectivity index (χ0v) is 13.1. The molecule has 19 heavy (non-hydrogen) atoms. The zero-order valence-electron chi connectivity index (χ0n) is 12.3. The molecule has 112 valence electrons. The monoisotopic (exact) mass is 288 g/mol. The SMILES string of the molecule is CCCC(N)C(=O)N(C1CCC(C)CC1)C1CC1.Cl. The molecular formula is C15H29ClN2O. The van der Waals surface area contributed by atoms with E-state index in [-0.39, 0.29) is 24.4 Å². The highest BCUT2D eigenvalue weighted by molar-refractivity contribution is 5.85. The standard InChI is InChI=1S/C15H28N2O.ClH/c1-3-4-14(16)15(18)17(13-9-10-13)12-7-5-11(2)6-8-12;/h11-14H,3-10,16H2,1-2H3;1H. The Hall–Kier alpha value is -0.280. The van der Waals surface area contributed by atoms with Crippen LogP contribution < -0.4 is 5.73 Å². The van der Waals surface area contributed by atoms with Crippen molar-refractivity contribution in [3.05, 3.63) is 0 Å². The van der Waals surface area contributed by atoms with Gasteiger partial charge in [-0.1, -0.05) is 20.3 Å². The lowest BCUT2D eigenvalue weighted by atomic mass is 9.86. The van der Waals surface area contributed by atoms with Gasteiger partial charge in [0.25, 0.3) is 0 Å². The largest absolute Gasteiger partial charge is 0.335 e. The van der Waals surface area contributed by atoms with Gasteiger partial charge in [0.2, 0.25) is 5.91 Å². The van der Waals surface area contributed by atoms with Gasteiger partial charge in [0.15, 0.2) is 0 Å². The van der Waals surface area contributed by atoms with Crippen LogP contribution in [0.1, 0.15) is 65.2 Å². The van der Waals surface area contributed by atoms with Crippen LogP contribution in [0.15, 0.2) is 0 Å². The summed E-state index contributed by atoms with van der Waals surface area (Å²) in [7, 11) is 0. The number of rotatable bonds is 5. The van der Waals surface area contributed by atoms with Crippen molar-refractivity contribution < 1.29 is 4.79 Å². The van der Waals surface area contributed by atoms with Gasteiger partial charge in [0, 0.05) is 12.1 Å². The summed E-state index contributed by atoms with van der Waals surface area (Å²) in [5, 5.41) is 0. The van der Waals surface area contributed by atoms with Crippen LogP contribution in [0.2, 0.25) is 0 Å². The summed E-state index contributed by atoms with van der Waals surface area (Å²) in [5.41, 5.74) is 6.04. The molecule has 0 radical (unpaired) electrons. The van der Waals surface area contributed by atoms with E-state index in [0.717, 1.165) is 18.8 Å². The quantitative estimate of drug-likeness (QED) is 0.845. The molecule has 0 heterocycles. The van der Waals surface area contributed by atoms with E-state index in [0.29, 0.717) is 12.1 Å². The lowest BCUT2D eigenvalue weighted by Crippen LogP contribution is -2.50. The number of nitrogens with zero attached hydrogens (tertiary/aromatic N) is 1. The first kappa shape index (κ1) is 16.8. The number of carbonyl (C=O) groups is 1. The molecule has 0 aromatic rings. The number of halogens is 1. The van der Waals surface area contributed by atoms with Crippen LogP contribution in [0.25, 0.3) is 0 Å². The Morgan fingerprint density at radius 2 is 1.63 bits per heavy atom. The minimum Gasteiger partial charge on any atom is -0.335 e. The Morgan fingerprint density at radius 1 is 1.16 bits per heavy atom. The van der Waals surface area contributed by atoms with Crippen molar-refractivity contribution >= 4 is 18.3 Å². The van der Waals surface area contributed by atoms with E-state index < -0.39 is 0 Å². The first-order valence-corrected chi connectivity index (χ1v) is 7.71. The average molecular weight is 289 g/mol. The predicted octanol–water partition coefficient (Wildman–Crippen LogP) is 3.11. The Kier molecular flexibility index (Phi) is 6.61. The fourth-order valence-electron chi connectivity index (χ4n) is 3.16. The maximum absolute atomic E-state index is 12.5. The number of amides is 1. The van der Waals surface area contributed by atoms with Crippen molar-refractivity contribution in [2.24, 2.45) is 11.7 Å². The van der Waals surface area contributed by atoms with Gasteiger partial charge in [-0.25, -0.2) is 0 Å². The van der Waals surface area contributed by atoms with Gasteiger partial charge in [-0.3, -0.25) is 4.79 Å². The van der Waals surface area contributed by atoms with Crippen LogP contribution >= 0.6 is 12.4 Å². The molecule has 0 aliphatic heterocycles. The predicted molar refractivity (Wildman–Crippen MR) is 81.4 cm³/mol. The Bertz CT molecular complexity index is 286. The van der Waals surface area contributed by atoms with Crippen molar-refractivity contribution in [1.29, 1.82) is 0 Å². The van der Waals surface area contributed by atoms with E-state index in [2.05, 4.69) is 18.7 Å². The lowest BCUT2D eigenvalue weighted by molar-refractivity contribution is -0.136. The lowest BCUT2D eigenvalue weighted by Gasteiger charge is -2.37. The highest BCUT2D eigenvalue weighted by Gasteiger charge is 2.39. The van der Waals surface area contributed by atoms with Gasteiger partial charge in [-0.2, -0.15) is 0 Å². The van der Waals surface area contributed by atoms with Crippen LogP contribution in [-0.4, -0.2) is 28.9 Å². The van der Waals surface area contributed by atoms with Crippen LogP contribution in [0.5, 0.6) is 0 Å². The molecule has 2 fully saturated rings. The van der Waals surface area contributed by atoms with Crippen LogP contribution in [0.4, 0.5) is 0 Å². The summed E-state index contributed by atoms with van der Waals surface area (Å²) in [6, 6.07) is 0.720. The van der Waals surface area contributed by atoms with Crippen molar-refractivity contribution in [3.63, 3.8) is 0 Å². The van der Waals surface area contributed by atoms with Crippen molar-refractivity contribution in [2.45, 2.75) is 83.3 Å². The molecule has 1 atom stereocenters. The molecule has 0 aromatic carbocycles. The Morgan fingerprint density at radius 3 is 2.05 bits per heavy atom. The molecule has 0 spiro atoms.